The van der Waals surface area contributed by atoms with Gasteiger partial charge in [0.25, 0.3) is 5.91 Å². The third-order valence-corrected chi connectivity index (χ3v) is 5.92. The Balaban J connectivity index is 1.88. The van der Waals surface area contributed by atoms with E-state index in [2.05, 4.69) is 5.32 Å². The van der Waals surface area contributed by atoms with E-state index in [1.807, 2.05) is 6.07 Å². The van der Waals surface area contributed by atoms with Crippen molar-refractivity contribution in [3.8, 4) is 17.6 Å². The normalized spacial score (nSPS) is 11.0. The quantitative estimate of drug-likeness (QED) is 0.259. The maximum absolute atomic E-state index is 12.7. The zero-order valence-electron chi connectivity index (χ0n) is 17.2. The fourth-order valence-electron chi connectivity index (χ4n) is 2.82. The van der Waals surface area contributed by atoms with Gasteiger partial charge in [0, 0.05) is 11.3 Å². The highest BCUT2D eigenvalue weighted by atomic mass is 35.5. The molecule has 1 amide bonds. The number of carbonyl (C=O) groups is 1. The van der Waals surface area contributed by atoms with Gasteiger partial charge in [-0.25, -0.2) is 0 Å². The number of anilines is 1. The number of methoxy groups -OCH3 is 1. The van der Waals surface area contributed by atoms with Crippen molar-refractivity contribution in [1.82, 2.24) is 0 Å². The number of hydrogen-bond donors (Lipinski definition) is 1. The van der Waals surface area contributed by atoms with E-state index in [0.29, 0.717) is 37.8 Å². The molecule has 33 heavy (non-hydrogen) atoms. The average molecular weight is 522 g/mol. The summed E-state index contributed by atoms with van der Waals surface area (Å²) in [4.78, 5) is 12.7. The van der Waals surface area contributed by atoms with Gasteiger partial charge < -0.3 is 14.8 Å². The van der Waals surface area contributed by atoms with Gasteiger partial charge in [-0.1, -0.05) is 64.6 Å². The van der Waals surface area contributed by atoms with Gasteiger partial charge in [-0.15, -0.1) is 0 Å². The molecular formula is C24H16Cl4N2O3. The third-order valence-electron chi connectivity index (χ3n) is 4.44. The van der Waals surface area contributed by atoms with E-state index in [1.165, 1.54) is 19.3 Å². The zero-order valence-corrected chi connectivity index (χ0v) is 20.2. The number of nitrogens with one attached hydrogen (secondary N) is 1. The fourth-order valence-corrected chi connectivity index (χ4v) is 3.44. The number of carbonyl (C=O) groups excluding carboxylic acids is 1. The number of rotatable bonds is 7. The second kappa shape index (κ2) is 11.3. The maximum Gasteiger partial charge on any atom is 0.266 e. The van der Waals surface area contributed by atoms with E-state index in [1.54, 1.807) is 48.5 Å². The van der Waals surface area contributed by atoms with Gasteiger partial charge in [-0.3, -0.25) is 4.79 Å². The lowest BCUT2D eigenvalue weighted by Crippen LogP contribution is -2.13. The summed E-state index contributed by atoms with van der Waals surface area (Å²) in [6.07, 6.45) is 1.42. The second-order valence-corrected chi connectivity index (χ2v) is 8.30. The lowest BCUT2D eigenvalue weighted by Gasteiger charge is -2.14. The molecule has 0 saturated carbocycles. The van der Waals surface area contributed by atoms with Crippen molar-refractivity contribution in [1.29, 1.82) is 5.26 Å². The molecule has 0 saturated heterocycles. The number of para-hydroxylation sites is 1. The minimum atomic E-state index is -0.617. The highest BCUT2D eigenvalue weighted by Crippen LogP contribution is 2.34. The second-order valence-electron chi connectivity index (χ2n) is 6.67. The topological polar surface area (TPSA) is 71.3 Å². The molecule has 168 valence electrons. The van der Waals surface area contributed by atoms with E-state index in [0.717, 1.165) is 5.56 Å². The molecule has 0 unspecified atom stereocenters. The lowest BCUT2D eigenvalue weighted by atomic mass is 10.1. The Morgan fingerprint density at radius 3 is 2.33 bits per heavy atom. The predicted octanol–water partition coefficient (Wildman–Crippen LogP) is 7.43. The summed E-state index contributed by atoms with van der Waals surface area (Å²) in [5.41, 5.74) is 1.52. The number of halogens is 4. The average Bonchev–Trinajstić information content (AvgIpc) is 2.80. The first-order chi connectivity index (χ1) is 15.8. The van der Waals surface area contributed by atoms with E-state index in [9.17, 15) is 10.1 Å². The van der Waals surface area contributed by atoms with E-state index in [-0.39, 0.29) is 17.2 Å². The molecule has 5 nitrogen and oxygen atoms in total. The lowest BCUT2D eigenvalue weighted by molar-refractivity contribution is -0.112. The van der Waals surface area contributed by atoms with Gasteiger partial charge in [0.15, 0.2) is 11.5 Å². The van der Waals surface area contributed by atoms with E-state index >= 15 is 0 Å². The van der Waals surface area contributed by atoms with Gasteiger partial charge in [0.05, 0.1) is 27.2 Å². The first-order valence-corrected chi connectivity index (χ1v) is 11.0. The maximum atomic E-state index is 12.7. The van der Waals surface area contributed by atoms with Gasteiger partial charge in [0.1, 0.15) is 18.2 Å². The highest BCUT2D eigenvalue weighted by Gasteiger charge is 2.15. The SMILES string of the molecule is COc1cccc(/C=C(\C#N)C(=O)Nc2ccc(Cl)c(Cl)c2)c1OCc1ccc(Cl)c(Cl)c1. The molecule has 0 aliphatic rings. The standard InChI is InChI=1S/C24H16Cl4N2O3/c1-32-22-4-2-3-15(23(22)33-13-14-5-7-18(25)20(27)9-14)10-16(12-29)24(31)30-17-6-8-19(26)21(28)11-17/h2-11H,13H2,1H3,(H,30,31)/b16-10+. The molecule has 0 heterocycles. The summed E-state index contributed by atoms with van der Waals surface area (Å²) in [5.74, 6) is 0.182. The van der Waals surface area contributed by atoms with Crippen LogP contribution in [0.4, 0.5) is 5.69 Å². The molecule has 0 aliphatic heterocycles. The molecule has 1 N–H and O–H groups in total. The smallest absolute Gasteiger partial charge is 0.266 e. The summed E-state index contributed by atoms with van der Waals surface area (Å²) in [6, 6.07) is 16.8. The van der Waals surface area contributed by atoms with Crippen molar-refractivity contribution in [2.45, 2.75) is 6.61 Å². The van der Waals surface area contributed by atoms with E-state index in [4.69, 9.17) is 55.9 Å². The van der Waals surface area contributed by atoms with Gasteiger partial charge >= 0.3 is 0 Å². The zero-order chi connectivity index (χ0) is 24.0. The van der Waals surface area contributed by atoms with Gasteiger partial charge in [0.2, 0.25) is 0 Å². The summed E-state index contributed by atoms with van der Waals surface area (Å²) in [5, 5.41) is 13.7. The number of nitrogens with zero attached hydrogens (tertiary/aromatic N) is 1. The summed E-state index contributed by atoms with van der Waals surface area (Å²) < 4.78 is 11.4. The van der Waals surface area contributed by atoms with Crippen LogP contribution in [0.25, 0.3) is 6.08 Å². The number of nitriles is 1. The number of amides is 1. The van der Waals surface area contributed by atoms with Crippen LogP contribution in [0, 0.1) is 11.3 Å². The number of hydrogen-bond acceptors (Lipinski definition) is 4. The minimum Gasteiger partial charge on any atom is -0.493 e. The van der Waals surface area contributed by atoms with Crippen molar-refractivity contribution < 1.29 is 14.3 Å². The van der Waals surface area contributed by atoms with Crippen molar-refractivity contribution >= 4 is 64.1 Å². The molecule has 0 spiro atoms. The van der Waals surface area contributed by atoms with Crippen LogP contribution < -0.4 is 14.8 Å². The Morgan fingerprint density at radius 1 is 1.00 bits per heavy atom. The van der Waals surface area contributed by atoms with Crippen LogP contribution in [0.15, 0.2) is 60.2 Å². The molecule has 0 aromatic heterocycles. The Hall–Kier alpha value is -2.88. The molecule has 0 radical (unpaired) electrons. The van der Waals surface area contributed by atoms with E-state index < -0.39 is 5.91 Å². The largest absolute Gasteiger partial charge is 0.493 e. The Bertz CT molecular complexity index is 1270. The summed E-state index contributed by atoms with van der Waals surface area (Å²) >= 11 is 23.9. The Labute approximate surface area is 211 Å². The molecule has 9 heteroatoms. The first kappa shape index (κ1) is 24.8. The summed E-state index contributed by atoms with van der Waals surface area (Å²) in [7, 11) is 1.50. The van der Waals surface area contributed by atoms with Gasteiger partial charge in [-0.05, 0) is 48.0 Å². The fraction of sp³-hybridized carbons (Fsp3) is 0.0833. The van der Waals surface area contributed by atoms with Crippen LogP contribution in [0.3, 0.4) is 0 Å². The van der Waals surface area contributed by atoms with Gasteiger partial charge in [-0.2, -0.15) is 5.26 Å². The Kier molecular flexibility index (Phi) is 8.49. The number of benzene rings is 3. The van der Waals surface area contributed by atoms with Crippen LogP contribution in [0.2, 0.25) is 20.1 Å². The molecule has 0 aliphatic carbocycles. The van der Waals surface area contributed by atoms with Crippen LogP contribution >= 0.6 is 46.4 Å². The van der Waals surface area contributed by atoms with Crippen molar-refractivity contribution in [2.75, 3.05) is 12.4 Å². The molecule has 0 atom stereocenters. The third kappa shape index (κ3) is 6.34. The van der Waals surface area contributed by atoms with Crippen LogP contribution in [-0.4, -0.2) is 13.0 Å². The van der Waals surface area contributed by atoms with Crippen molar-refractivity contribution in [2.24, 2.45) is 0 Å². The van der Waals surface area contributed by atoms with Crippen molar-refractivity contribution in [3.63, 3.8) is 0 Å². The molecule has 3 rings (SSSR count). The van der Waals surface area contributed by atoms with Crippen molar-refractivity contribution in [3.05, 3.63) is 91.4 Å². The Morgan fingerprint density at radius 2 is 1.70 bits per heavy atom. The van der Waals surface area contributed by atoms with Crippen LogP contribution in [0.5, 0.6) is 11.5 Å². The number of ether oxygens (including phenoxy) is 2. The molecule has 3 aromatic rings. The minimum absolute atomic E-state index is 0.145. The van der Waals surface area contributed by atoms with Crippen LogP contribution in [0.1, 0.15) is 11.1 Å². The predicted molar refractivity (Wildman–Crippen MR) is 132 cm³/mol. The molecule has 3 aromatic carbocycles. The highest BCUT2D eigenvalue weighted by molar-refractivity contribution is 6.42. The van der Waals surface area contributed by atoms with Crippen LogP contribution in [-0.2, 0) is 11.4 Å². The first-order valence-electron chi connectivity index (χ1n) is 9.44. The monoisotopic (exact) mass is 520 g/mol. The molecular weight excluding hydrogens is 506 g/mol. The molecule has 0 bridgehead atoms. The summed E-state index contributed by atoms with van der Waals surface area (Å²) in [6.45, 7) is 0.162. The molecule has 0 fully saturated rings.